The van der Waals surface area contributed by atoms with Crippen molar-refractivity contribution in [1.82, 2.24) is 5.32 Å². The van der Waals surface area contributed by atoms with Gasteiger partial charge in [0.15, 0.2) is 0 Å². The van der Waals surface area contributed by atoms with E-state index in [1.54, 1.807) is 11.3 Å². The normalized spacial score (nSPS) is 24.3. The number of aryl methyl sites for hydroxylation is 1. The van der Waals surface area contributed by atoms with Crippen LogP contribution in [0, 0.1) is 12.8 Å². The van der Waals surface area contributed by atoms with Gasteiger partial charge in [-0.2, -0.15) is 0 Å². The molecule has 1 aliphatic rings. The van der Waals surface area contributed by atoms with Crippen LogP contribution in [0.5, 0.6) is 0 Å². The molecule has 1 nitrogen and oxygen atoms in total. The highest BCUT2D eigenvalue weighted by atomic mass is 32.1. The molecule has 2 rings (SSSR count). The second-order valence-corrected chi connectivity index (χ2v) is 6.56. The van der Waals surface area contributed by atoms with Crippen LogP contribution < -0.4 is 5.32 Å². The van der Waals surface area contributed by atoms with Gasteiger partial charge in [0.05, 0.1) is 0 Å². The minimum Gasteiger partial charge on any atom is -0.309 e. The maximum Gasteiger partial charge on any atom is 0.248 e. The Hall–Kier alpha value is -0.480. The van der Waals surface area contributed by atoms with E-state index in [-0.39, 0.29) is 24.8 Å². The first-order valence-corrected chi connectivity index (χ1v) is 7.51. The van der Waals surface area contributed by atoms with Crippen LogP contribution in [0.2, 0.25) is 0 Å². The molecule has 1 aromatic rings. The molecule has 1 N–H and O–H groups in total. The van der Waals surface area contributed by atoms with Crippen LogP contribution in [0.4, 0.5) is 8.78 Å². The summed E-state index contributed by atoms with van der Waals surface area (Å²) in [5, 5.41) is 3.46. The molecule has 0 aliphatic heterocycles. The summed E-state index contributed by atoms with van der Waals surface area (Å²) in [6.07, 6.45) is 1.74. The van der Waals surface area contributed by atoms with Crippen molar-refractivity contribution in [1.29, 1.82) is 0 Å². The maximum atomic E-state index is 13.4. The fraction of sp³-hybridized carbons (Fsp3) is 0.714. The third kappa shape index (κ3) is 3.29. The van der Waals surface area contributed by atoms with E-state index in [9.17, 15) is 8.78 Å². The number of nitrogens with one attached hydrogen (secondary N) is 1. The van der Waals surface area contributed by atoms with Gasteiger partial charge in [-0.3, -0.25) is 0 Å². The van der Waals surface area contributed by atoms with E-state index >= 15 is 0 Å². The van der Waals surface area contributed by atoms with E-state index in [0.29, 0.717) is 6.42 Å². The molecule has 102 valence electrons. The molecule has 0 spiro atoms. The zero-order chi connectivity index (χ0) is 13.2. The molecular formula is C14H21F2NS. The molecule has 0 bridgehead atoms. The summed E-state index contributed by atoms with van der Waals surface area (Å²) in [7, 11) is 0. The van der Waals surface area contributed by atoms with E-state index < -0.39 is 5.92 Å². The first-order valence-electron chi connectivity index (χ1n) is 6.69. The average Bonchev–Trinajstić information content (AvgIpc) is 2.86. The Morgan fingerprint density at radius 1 is 1.50 bits per heavy atom. The molecular weight excluding hydrogens is 252 g/mol. The highest BCUT2D eigenvalue weighted by Gasteiger charge is 2.42. The molecule has 0 aromatic carbocycles. The van der Waals surface area contributed by atoms with Gasteiger partial charge in [-0.05, 0) is 44.4 Å². The Morgan fingerprint density at radius 2 is 2.28 bits per heavy atom. The Balaban J connectivity index is 2.10. The largest absolute Gasteiger partial charge is 0.309 e. The lowest BCUT2D eigenvalue weighted by Gasteiger charge is -2.24. The topological polar surface area (TPSA) is 12.0 Å². The molecule has 1 fully saturated rings. The van der Waals surface area contributed by atoms with E-state index in [1.165, 1.54) is 9.75 Å². The molecule has 1 aromatic heterocycles. The fourth-order valence-corrected chi connectivity index (χ4v) is 3.74. The summed E-state index contributed by atoms with van der Waals surface area (Å²) >= 11 is 1.73. The molecule has 0 radical (unpaired) electrons. The Kier molecular flexibility index (Phi) is 4.38. The average molecular weight is 273 g/mol. The first kappa shape index (κ1) is 13.9. The molecule has 0 amide bonds. The van der Waals surface area contributed by atoms with Gasteiger partial charge in [0.2, 0.25) is 5.92 Å². The van der Waals surface area contributed by atoms with Crippen molar-refractivity contribution in [3.8, 4) is 0 Å². The van der Waals surface area contributed by atoms with Gasteiger partial charge >= 0.3 is 0 Å². The fourth-order valence-electron chi connectivity index (χ4n) is 2.69. The van der Waals surface area contributed by atoms with Gasteiger partial charge in [-0.1, -0.05) is 6.92 Å². The van der Waals surface area contributed by atoms with Crippen molar-refractivity contribution in [2.75, 3.05) is 6.54 Å². The lowest BCUT2D eigenvalue weighted by molar-refractivity contribution is 0.00333. The van der Waals surface area contributed by atoms with Gasteiger partial charge < -0.3 is 5.32 Å². The maximum absolute atomic E-state index is 13.4. The highest BCUT2D eigenvalue weighted by Crippen LogP contribution is 2.45. The minimum absolute atomic E-state index is 0.0331. The monoisotopic (exact) mass is 273 g/mol. The minimum atomic E-state index is -2.46. The van der Waals surface area contributed by atoms with E-state index in [4.69, 9.17) is 0 Å². The molecule has 4 heteroatoms. The Labute approximate surface area is 112 Å². The van der Waals surface area contributed by atoms with Crippen molar-refractivity contribution in [2.45, 2.75) is 51.5 Å². The first-order chi connectivity index (χ1) is 8.52. The molecule has 1 saturated carbocycles. The zero-order valence-electron chi connectivity index (χ0n) is 11.0. The van der Waals surface area contributed by atoms with Gasteiger partial charge in [0.25, 0.3) is 0 Å². The van der Waals surface area contributed by atoms with Gasteiger partial charge in [0.1, 0.15) is 0 Å². The second kappa shape index (κ2) is 5.66. The summed E-state index contributed by atoms with van der Waals surface area (Å²) in [4.78, 5) is 2.46. The number of halogens is 2. The molecule has 2 unspecified atom stereocenters. The van der Waals surface area contributed by atoms with Crippen molar-refractivity contribution >= 4 is 11.3 Å². The van der Waals surface area contributed by atoms with Crippen molar-refractivity contribution < 1.29 is 8.78 Å². The predicted octanol–water partition coefficient (Wildman–Crippen LogP) is 4.53. The van der Waals surface area contributed by atoms with Crippen LogP contribution in [0.3, 0.4) is 0 Å². The third-order valence-corrected chi connectivity index (χ3v) is 4.68. The van der Waals surface area contributed by atoms with E-state index in [0.717, 1.165) is 13.0 Å². The number of thiophene rings is 1. The summed E-state index contributed by atoms with van der Waals surface area (Å²) in [6.45, 7) is 5.06. The standard InChI is InChI=1S/C14H21F2NS/c1-3-8-17-13(12-5-4-10(2)18-12)11-6-7-14(15,16)9-11/h4-5,11,13,17H,3,6-9H2,1-2H3. The molecule has 0 saturated heterocycles. The van der Waals surface area contributed by atoms with Crippen LogP contribution in [0.15, 0.2) is 12.1 Å². The number of hydrogen-bond acceptors (Lipinski definition) is 2. The highest BCUT2D eigenvalue weighted by molar-refractivity contribution is 7.12. The SMILES string of the molecule is CCCNC(c1ccc(C)s1)C1CCC(F)(F)C1. The Morgan fingerprint density at radius 3 is 2.78 bits per heavy atom. The van der Waals surface area contributed by atoms with E-state index in [2.05, 4.69) is 31.3 Å². The summed E-state index contributed by atoms with van der Waals surface area (Å²) in [5.41, 5.74) is 0. The zero-order valence-corrected chi connectivity index (χ0v) is 11.8. The molecule has 18 heavy (non-hydrogen) atoms. The van der Waals surface area contributed by atoms with Gasteiger partial charge in [0, 0.05) is 28.6 Å². The lowest BCUT2D eigenvalue weighted by atomic mass is 9.96. The predicted molar refractivity (Wildman–Crippen MR) is 72.4 cm³/mol. The van der Waals surface area contributed by atoms with Gasteiger partial charge in [-0.25, -0.2) is 8.78 Å². The summed E-state index contributed by atoms with van der Waals surface area (Å²) in [5.74, 6) is -2.38. The van der Waals surface area contributed by atoms with Crippen LogP contribution in [-0.2, 0) is 0 Å². The Bertz CT molecular complexity index is 389. The summed E-state index contributed by atoms with van der Waals surface area (Å²) in [6, 6.07) is 4.27. The molecule has 1 heterocycles. The third-order valence-electron chi connectivity index (χ3n) is 3.60. The summed E-state index contributed by atoms with van der Waals surface area (Å²) < 4.78 is 26.7. The lowest BCUT2D eigenvalue weighted by Crippen LogP contribution is -2.28. The van der Waals surface area contributed by atoms with Gasteiger partial charge in [-0.15, -0.1) is 11.3 Å². The molecule has 2 atom stereocenters. The smallest absolute Gasteiger partial charge is 0.248 e. The number of hydrogen-bond donors (Lipinski definition) is 1. The number of rotatable bonds is 5. The van der Waals surface area contributed by atoms with Crippen molar-refractivity contribution in [3.63, 3.8) is 0 Å². The quantitative estimate of drug-likeness (QED) is 0.831. The van der Waals surface area contributed by atoms with Crippen LogP contribution in [0.25, 0.3) is 0 Å². The number of alkyl halides is 2. The van der Waals surface area contributed by atoms with Crippen molar-refractivity contribution in [3.05, 3.63) is 21.9 Å². The van der Waals surface area contributed by atoms with Crippen LogP contribution in [-0.4, -0.2) is 12.5 Å². The van der Waals surface area contributed by atoms with E-state index in [1.807, 2.05) is 0 Å². The van der Waals surface area contributed by atoms with Crippen LogP contribution >= 0.6 is 11.3 Å². The molecule has 1 aliphatic carbocycles. The van der Waals surface area contributed by atoms with Crippen LogP contribution in [0.1, 0.15) is 48.4 Å². The second-order valence-electron chi connectivity index (χ2n) is 5.24. The van der Waals surface area contributed by atoms with Crippen molar-refractivity contribution in [2.24, 2.45) is 5.92 Å².